The lowest BCUT2D eigenvalue weighted by atomic mass is 10.0. The number of anilines is 1. The average molecular weight is 588 g/mol. The molecule has 0 atom stereocenters. The number of aromatic nitrogens is 1. The summed E-state index contributed by atoms with van der Waals surface area (Å²) in [6.45, 7) is 2.93. The Kier molecular flexibility index (Phi) is 7.96. The Hall–Kier alpha value is -3.35. The number of fused-ring (bicyclic) bond motifs is 2. The van der Waals surface area contributed by atoms with Gasteiger partial charge in [-0.2, -0.15) is 0 Å². The van der Waals surface area contributed by atoms with Crippen LogP contribution in [0.5, 0.6) is 0 Å². The third-order valence-electron chi connectivity index (χ3n) is 6.33. The molecule has 3 heterocycles. The molecule has 1 N–H and O–H groups in total. The maximum absolute atomic E-state index is 13.2. The minimum atomic E-state index is -3.63. The van der Waals surface area contributed by atoms with Crippen LogP contribution in [0.25, 0.3) is 20.8 Å². The molecule has 39 heavy (non-hydrogen) atoms. The van der Waals surface area contributed by atoms with Gasteiger partial charge in [-0.1, -0.05) is 12.1 Å². The molecule has 0 unspecified atom stereocenters. The van der Waals surface area contributed by atoms with Gasteiger partial charge in [0.15, 0.2) is 9.84 Å². The van der Waals surface area contributed by atoms with Crippen LogP contribution in [0.3, 0.4) is 0 Å². The van der Waals surface area contributed by atoms with Gasteiger partial charge in [0, 0.05) is 23.4 Å². The van der Waals surface area contributed by atoms with Gasteiger partial charge in [0.05, 0.1) is 34.0 Å². The molecule has 0 spiro atoms. The fourth-order valence-electron chi connectivity index (χ4n) is 4.44. The predicted molar refractivity (Wildman–Crippen MR) is 150 cm³/mol. The molecule has 12 heteroatoms. The number of nitrogens with zero attached hydrogens (tertiary/aromatic N) is 2. The summed E-state index contributed by atoms with van der Waals surface area (Å²) in [5, 5.41) is 4.40. The van der Waals surface area contributed by atoms with Crippen LogP contribution in [0, 0.1) is 5.82 Å². The third-order valence-corrected chi connectivity index (χ3v) is 10.3. The SMILES string of the molecule is CCOC(=O)N1CCc2c(sc(NC(=O)CCCS(=O)(=O)c3ccc(F)cc3)c2-c2nc3ccccc3s2)C1. The van der Waals surface area contributed by atoms with E-state index in [1.165, 1.54) is 34.8 Å². The van der Waals surface area contributed by atoms with E-state index in [9.17, 15) is 22.4 Å². The minimum Gasteiger partial charge on any atom is -0.450 e. The molecule has 8 nitrogen and oxygen atoms in total. The number of hydrogen-bond acceptors (Lipinski definition) is 8. The Bertz CT molecular complexity index is 1600. The molecule has 1 aliphatic heterocycles. The fourth-order valence-corrected chi connectivity index (χ4v) is 8.14. The Morgan fingerprint density at radius 1 is 1.13 bits per heavy atom. The van der Waals surface area contributed by atoms with Crippen molar-refractivity contribution in [2.45, 2.75) is 37.6 Å². The van der Waals surface area contributed by atoms with Gasteiger partial charge in [0.1, 0.15) is 15.8 Å². The number of thiophene rings is 1. The normalized spacial score (nSPS) is 13.3. The largest absolute Gasteiger partial charge is 0.450 e. The van der Waals surface area contributed by atoms with Crippen molar-refractivity contribution >= 4 is 59.7 Å². The highest BCUT2D eigenvalue weighted by Gasteiger charge is 2.30. The van der Waals surface area contributed by atoms with Crippen LogP contribution in [0.4, 0.5) is 14.2 Å². The topological polar surface area (TPSA) is 106 Å². The Labute approximate surface area is 233 Å². The summed E-state index contributed by atoms with van der Waals surface area (Å²) in [6.07, 6.45) is 0.342. The van der Waals surface area contributed by atoms with Crippen LogP contribution in [0.2, 0.25) is 0 Å². The second-order valence-corrected chi connectivity index (χ2v) is 13.2. The number of carbonyl (C=O) groups excluding carboxylic acids is 2. The van der Waals surface area contributed by atoms with Crippen LogP contribution in [0.15, 0.2) is 53.4 Å². The highest BCUT2D eigenvalue weighted by Crippen LogP contribution is 2.45. The van der Waals surface area contributed by atoms with Crippen LogP contribution < -0.4 is 5.32 Å². The number of thiazole rings is 1. The zero-order chi connectivity index (χ0) is 27.6. The number of halogens is 1. The molecule has 0 bridgehead atoms. The molecule has 5 rings (SSSR count). The Morgan fingerprint density at radius 2 is 1.90 bits per heavy atom. The lowest BCUT2D eigenvalue weighted by Crippen LogP contribution is -2.35. The summed E-state index contributed by atoms with van der Waals surface area (Å²) in [5.74, 6) is -1.06. The Morgan fingerprint density at radius 3 is 2.64 bits per heavy atom. The highest BCUT2D eigenvalue weighted by molar-refractivity contribution is 7.91. The van der Waals surface area contributed by atoms with Gasteiger partial charge in [-0.25, -0.2) is 22.6 Å². The zero-order valence-electron chi connectivity index (χ0n) is 21.1. The first-order chi connectivity index (χ1) is 18.7. The van der Waals surface area contributed by atoms with E-state index in [2.05, 4.69) is 5.32 Å². The number of rotatable bonds is 8. The number of amides is 2. The number of nitrogens with one attached hydrogen (secondary N) is 1. The molecule has 0 fully saturated rings. The summed E-state index contributed by atoms with van der Waals surface area (Å²) in [5.41, 5.74) is 2.77. The van der Waals surface area contributed by atoms with Crippen molar-refractivity contribution in [3.63, 3.8) is 0 Å². The van der Waals surface area contributed by atoms with E-state index in [1.54, 1.807) is 11.8 Å². The fraction of sp³-hybridized carbons (Fsp3) is 0.296. The van der Waals surface area contributed by atoms with E-state index in [1.807, 2.05) is 24.3 Å². The molecule has 1 aliphatic rings. The molecular formula is C27H26FN3O5S3. The van der Waals surface area contributed by atoms with Gasteiger partial charge >= 0.3 is 6.09 Å². The first kappa shape index (κ1) is 27.2. The monoisotopic (exact) mass is 587 g/mol. The van der Waals surface area contributed by atoms with Gasteiger partial charge in [-0.15, -0.1) is 22.7 Å². The van der Waals surface area contributed by atoms with E-state index in [4.69, 9.17) is 9.72 Å². The Balaban J connectivity index is 1.36. The average Bonchev–Trinajstić information content (AvgIpc) is 3.49. The molecule has 2 aromatic carbocycles. The number of sulfone groups is 1. The van der Waals surface area contributed by atoms with Crippen molar-refractivity contribution in [1.82, 2.24) is 9.88 Å². The van der Waals surface area contributed by atoms with Gasteiger partial charge in [-0.3, -0.25) is 4.79 Å². The maximum atomic E-state index is 13.2. The van der Waals surface area contributed by atoms with E-state index in [0.717, 1.165) is 43.4 Å². The lowest BCUT2D eigenvalue weighted by molar-refractivity contribution is -0.116. The quantitative estimate of drug-likeness (QED) is 0.259. The van der Waals surface area contributed by atoms with Crippen LogP contribution in [-0.4, -0.2) is 49.2 Å². The molecule has 2 amide bonds. The van der Waals surface area contributed by atoms with Crippen molar-refractivity contribution in [3.8, 4) is 10.6 Å². The number of para-hydroxylation sites is 1. The maximum Gasteiger partial charge on any atom is 0.410 e. The second-order valence-electron chi connectivity index (χ2n) is 8.99. The van der Waals surface area contributed by atoms with E-state index in [-0.39, 0.29) is 35.5 Å². The molecule has 0 saturated heterocycles. The summed E-state index contributed by atoms with van der Waals surface area (Å²) < 4.78 is 44.5. The van der Waals surface area contributed by atoms with Crippen molar-refractivity contribution in [2.24, 2.45) is 0 Å². The second kappa shape index (κ2) is 11.4. The number of hydrogen-bond donors (Lipinski definition) is 1. The molecule has 0 radical (unpaired) electrons. The van der Waals surface area contributed by atoms with Crippen molar-refractivity contribution in [1.29, 1.82) is 0 Å². The minimum absolute atomic E-state index is 0.00275. The van der Waals surface area contributed by atoms with E-state index >= 15 is 0 Å². The van der Waals surface area contributed by atoms with E-state index < -0.39 is 15.7 Å². The van der Waals surface area contributed by atoms with Crippen molar-refractivity contribution in [3.05, 3.63) is 64.8 Å². The third kappa shape index (κ3) is 5.97. The standard InChI is InChI=1S/C27H26FN3O5S3/c1-2-36-27(33)31-14-13-19-22(16-31)38-26(24(19)25-29-20-6-3-4-7-21(20)37-25)30-23(32)8-5-15-39(34,35)18-11-9-17(28)10-12-18/h3-4,6-7,9-12H,2,5,8,13-16H2,1H3,(H,30,32). The molecule has 0 aliphatic carbocycles. The van der Waals surface area contributed by atoms with Gasteiger partial charge in [0.25, 0.3) is 0 Å². The highest BCUT2D eigenvalue weighted by atomic mass is 32.2. The van der Waals surface area contributed by atoms with Gasteiger partial charge in [0.2, 0.25) is 5.91 Å². The smallest absolute Gasteiger partial charge is 0.410 e. The predicted octanol–water partition coefficient (Wildman–Crippen LogP) is 5.87. The summed E-state index contributed by atoms with van der Waals surface area (Å²) in [4.78, 5) is 32.7. The van der Waals surface area contributed by atoms with Crippen LogP contribution >= 0.6 is 22.7 Å². The lowest BCUT2D eigenvalue weighted by Gasteiger charge is -2.26. The van der Waals surface area contributed by atoms with Crippen LogP contribution in [0.1, 0.15) is 30.2 Å². The summed E-state index contributed by atoms with van der Waals surface area (Å²) in [7, 11) is -3.63. The van der Waals surface area contributed by atoms with Crippen LogP contribution in [-0.2, 0) is 32.3 Å². The zero-order valence-corrected chi connectivity index (χ0v) is 23.6. The molecule has 2 aromatic heterocycles. The first-order valence-corrected chi connectivity index (χ1v) is 15.7. The number of ether oxygens (including phenoxy) is 1. The first-order valence-electron chi connectivity index (χ1n) is 12.5. The van der Waals surface area contributed by atoms with Crippen molar-refractivity contribution in [2.75, 3.05) is 24.2 Å². The molecule has 4 aromatic rings. The van der Waals surface area contributed by atoms with E-state index in [0.29, 0.717) is 31.1 Å². The molecular weight excluding hydrogens is 562 g/mol. The molecule has 204 valence electrons. The van der Waals surface area contributed by atoms with Gasteiger partial charge in [-0.05, 0) is 61.7 Å². The summed E-state index contributed by atoms with van der Waals surface area (Å²) in [6, 6.07) is 12.5. The number of carbonyl (C=O) groups is 2. The van der Waals surface area contributed by atoms with Crippen molar-refractivity contribution < 1.29 is 27.1 Å². The van der Waals surface area contributed by atoms with Gasteiger partial charge < -0.3 is 15.0 Å². The number of benzene rings is 2. The molecule has 0 saturated carbocycles. The summed E-state index contributed by atoms with van der Waals surface area (Å²) >= 11 is 2.94.